The van der Waals surface area contributed by atoms with E-state index in [2.05, 4.69) is 77.2 Å². The van der Waals surface area contributed by atoms with Crippen molar-refractivity contribution in [2.75, 3.05) is 104 Å². The van der Waals surface area contributed by atoms with Crippen molar-refractivity contribution < 1.29 is 38.1 Å². The zero-order chi connectivity index (χ0) is 65.3. The fourth-order valence-electron chi connectivity index (χ4n) is 12.2. The van der Waals surface area contributed by atoms with Gasteiger partial charge in [0.25, 0.3) is 5.91 Å². The number of piperazine rings is 1. The van der Waals surface area contributed by atoms with Crippen LogP contribution in [-0.2, 0) is 42.0 Å². The number of rotatable bonds is 24. The number of carbonyl (C=O) groups is 3. The minimum Gasteiger partial charge on any atom is -0.493 e. The Labute approximate surface area is 551 Å². The van der Waals surface area contributed by atoms with E-state index in [1.54, 1.807) is 15.8 Å². The number of ether oxygens (including phenoxy) is 5. The molecule has 0 spiro atoms. The van der Waals surface area contributed by atoms with Crippen molar-refractivity contribution in [3.63, 3.8) is 0 Å². The van der Waals surface area contributed by atoms with Crippen LogP contribution < -0.4 is 20.5 Å². The van der Waals surface area contributed by atoms with Crippen LogP contribution in [0.5, 0.6) is 17.2 Å². The first-order valence-corrected chi connectivity index (χ1v) is 32.4. The summed E-state index contributed by atoms with van der Waals surface area (Å²) in [5.74, 6) is 2.53. The third-order valence-corrected chi connectivity index (χ3v) is 18.0. The van der Waals surface area contributed by atoms with E-state index < -0.39 is 11.1 Å². The standard InChI is InChI=1S/C69H80Cl2N14O8/c1-7-92-58-42-50(67(2,3)4)21-28-56(58)63-76-68(5,48-17-22-51(70)23-18-48)69(6,49-19-24-52(71)25-20-49)84(63)66(88)81-33-31-80(32-34-81)45-59(86)73-29-36-89-38-40-91-41-39-90-37-35-83-44-57(77-79-83)65(87)82-30-11-12-53(43-82)85-64-60(62(72)74-46-75-64)61(78-85)47-15-26-55(27-16-47)93-54-13-9-8-10-14-54/h8-10,13-28,42,44,46,53H,7,11-12,29-41,43,45H2,1-6H3,(H,73,86)(H2,72,74,75). The van der Waals surface area contributed by atoms with Gasteiger partial charge in [-0.25, -0.2) is 24.1 Å². The van der Waals surface area contributed by atoms with Crippen LogP contribution >= 0.6 is 23.2 Å². The van der Waals surface area contributed by atoms with Gasteiger partial charge in [0.05, 0.1) is 82.5 Å². The van der Waals surface area contributed by atoms with Crippen molar-refractivity contribution in [3.8, 4) is 28.5 Å². The number of nitrogens with one attached hydrogen (secondary N) is 1. The maximum atomic E-state index is 15.5. The number of halogens is 2. The molecular formula is C69H80Cl2N14O8. The molecule has 5 aromatic carbocycles. The van der Waals surface area contributed by atoms with Crippen molar-refractivity contribution in [1.29, 1.82) is 0 Å². The molecule has 3 aliphatic heterocycles. The normalized spacial score (nSPS) is 18.6. The summed E-state index contributed by atoms with van der Waals surface area (Å²) >= 11 is 13.0. The Morgan fingerprint density at radius 3 is 2.11 bits per heavy atom. The number of anilines is 1. The maximum absolute atomic E-state index is 15.5. The molecule has 3 atom stereocenters. The molecule has 24 heteroatoms. The molecular weight excluding hydrogens is 1220 g/mol. The minimum atomic E-state index is -1.07. The number of hydrogen-bond acceptors (Lipinski definition) is 16. The van der Waals surface area contributed by atoms with Gasteiger partial charge in [-0.15, -0.1) is 5.10 Å². The molecule has 0 radical (unpaired) electrons. The summed E-state index contributed by atoms with van der Waals surface area (Å²) in [7, 11) is 0. The first-order chi connectivity index (χ1) is 44.9. The van der Waals surface area contributed by atoms with E-state index in [-0.39, 0.29) is 41.5 Å². The molecule has 3 unspecified atom stereocenters. The molecule has 3 aliphatic rings. The summed E-state index contributed by atoms with van der Waals surface area (Å²) in [4.78, 5) is 64.5. The van der Waals surface area contributed by atoms with Crippen LogP contribution in [0.3, 0.4) is 0 Å². The average molecular weight is 1300 g/mol. The van der Waals surface area contributed by atoms with Gasteiger partial charge in [-0.1, -0.05) is 97.7 Å². The van der Waals surface area contributed by atoms with Crippen LogP contribution in [0.1, 0.15) is 93.2 Å². The molecule has 0 bridgehead atoms. The lowest BCUT2D eigenvalue weighted by molar-refractivity contribution is -0.122. The Morgan fingerprint density at radius 1 is 0.753 bits per heavy atom. The molecule has 6 heterocycles. The van der Waals surface area contributed by atoms with E-state index in [1.807, 2.05) is 131 Å². The SMILES string of the molecule is CCOc1cc(C(C)(C)C)ccc1C1=NC(C)(c2ccc(Cl)cc2)C(C)(c2ccc(Cl)cc2)N1C(=O)N1CCN(CC(=O)NCCOCCOCCOCCn2cc(C(=O)N3CCCC(n4nc(-c5ccc(Oc6ccccc6)cc5)c5c(N)ncnc54)C3)nn2)CC1. The highest BCUT2D eigenvalue weighted by Crippen LogP contribution is 2.54. The smallest absolute Gasteiger partial charge is 0.326 e. The fourth-order valence-corrected chi connectivity index (χ4v) is 12.5. The number of nitrogens with two attached hydrogens (primary N) is 1. The summed E-state index contributed by atoms with van der Waals surface area (Å²) < 4.78 is 33.1. The number of amides is 4. The number of nitrogens with zero attached hydrogens (tertiary/aromatic N) is 12. The zero-order valence-corrected chi connectivity index (χ0v) is 55.0. The number of likely N-dealkylation sites (tertiary alicyclic amines) is 1. The lowest BCUT2D eigenvalue weighted by Crippen LogP contribution is -2.61. The number of aromatic nitrogens is 7. The van der Waals surface area contributed by atoms with Gasteiger partial charge in [0.2, 0.25) is 5.91 Å². The van der Waals surface area contributed by atoms with E-state index in [0.29, 0.717) is 154 Å². The lowest BCUT2D eigenvalue weighted by Gasteiger charge is -2.47. The second-order valence-electron chi connectivity index (χ2n) is 24.7. The highest BCUT2D eigenvalue weighted by atomic mass is 35.5. The second kappa shape index (κ2) is 29.2. The van der Waals surface area contributed by atoms with E-state index in [1.165, 1.54) is 6.33 Å². The molecule has 0 aliphatic carbocycles. The summed E-state index contributed by atoms with van der Waals surface area (Å²) in [6.45, 7) is 18.7. The first kappa shape index (κ1) is 66.0. The molecule has 93 heavy (non-hydrogen) atoms. The first-order valence-electron chi connectivity index (χ1n) is 31.6. The van der Waals surface area contributed by atoms with Crippen molar-refractivity contribution in [2.45, 2.75) is 83.5 Å². The van der Waals surface area contributed by atoms with Crippen LogP contribution in [0.15, 0.2) is 139 Å². The summed E-state index contributed by atoms with van der Waals surface area (Å²) in [6, 6.07) is 38.3. The highest BCUT2D eigenvalue weighted by molar-refractivity contribution is 6.31. The van der Waals surface area contributed by atoms with Crippen LogP contribution in [0.4, 0.5) is 10.6 Å². The van der Waals surface area contributed by atoms with Gasteiger partial charge in [0.15, 0.2) is 11.3 Å². The van der Waals surface area contributed by atoms with E-state index in [0.717, 1.165) is 40.8 Å². The highest BCUT2D eigenvalue weighted by Gasteiger charge is 2.60. The number of urea groups is 1. The monoisotopic (exact) mass is 1300 g/mol. The number of carbonyl (C=O) groups excluding carboxylic acids is 3. The number of benzene rings is 5. The molecule has 0 saturated carbocycles. The Kier molecular flexibility index (Phi) is 20.7. The largest absolute Gasteiger partial charge is 0.493 e. The van der Waals surface area contributed by atoms with Crippen molar-refractivity contribution in [2.24, 2.45) is 4.99 Å². The van der Waals surface area contributed by atoms with Gasteiger partial charge in [-0.3, -0.25) is 24.4 Å². The predicted octanol–water partition coefficient (Wildman–Crippen LogP) is 10.4. The Morgan fingerprint density at radius 2 is 1.42 bits per heavy atom. The van der Waals surface area contributed by atoms with Crippen LogP contribution in [0, 0.1) is 0 Å². The van der Waals surface area contributed by atoms with Gasteiger partial charge in [-0.2, -0.15) is 5.10 Å². The minimum absolute atomic E-state index is 0.131. The molecule has 4 amide bonds. The quantitative estimate of drug-likeness (QED) is 0.0535. The van der Waals surface area contributed by atoms with E-state index >= 15 is 4.79 Å². The Hall–Kier alpha value is -8.51. The van der Waals surface area contributed by atoms with Gasteiger partial charge < -0.3 is 44.5 Å². The Bertz CT molecular complexity index is 3910. The third kappa shape index (κ3) is 14.8. The van der Waals surface area contributed by atoms with Gasteiger partial charge in [-0.05, 0) is 129 Å². The molecule has 11 rings (SSSR count). The molecule has 8 aromatic rings. The summed E-state index contributed by atoms with van der Waals surface area (Å²) in [5.41, 5.74) is 10.1. The number of para-hydroxylation sites is 1. The average Bonchev–Trinajstić information content (AvgIpc) is 1.56. The number of amidine groups is 1. The molecule has 22 nitrogen and oxygen atoms in total. The second-order valence-corrected chi connectivity index (χ2v) is 25.5. The molecule has 2 saturated heterocycles. The van der Waals surface area contributed by atoms with E-state index in [9.17, 15) is 9.59 Å². The molecule has 2 fully saturated rings. The topological polar surface area (TPSA) is 235 Å². The molecule has 3 N–H and O–H groups in total. The number of fused-ring (bicyclic) bond motifs is 1. The predicted molar refractivity (Wildman–Crippen MR) is 357 cm³/mol. The van der Waals surface area contributed by atoms with Gasteiger partial charge >= 0.3 is 6.03 Å². The van der Waals surface area contributed by atoms with E-state index in [4.69, 9.17) is 62.7 Å². The third-order valence-electron chi connectivity index (χ3n) is 17.5. The number of nitrogen functional groups attached to an aromatic ring is 1. The van der Waals surface area contributed by atoms with Crippen LogP contribution in [0.25, 0.3) is 22.3 Å². The van der Waals surface area contributed by atoms with Gasteiger partial charge in [0, 0.05) is 61.4 Å². The van der Waals surface area contributed by atoms with Gasteiger partial charge in [0.1, 0.15) is 52.0 Å². The van der Waals surface area contributed by atoms with Crippen LogP contribution in [0.2, 0.25) is 10.0 Å². The number of piperidine rings is 1. The van der Waals surface area contributed by atoms with Crippen molar-refractivity contribution in [3.05, 3.63) is 172 Å². The summed E-state index contributed by atoms with van der Waals surface area (Å²) in [5, 5.41) is 18.2. The molecule has 488 valence electrons. The zero-order valence-electron chi connectivity index (χ0n) is 53.5. The lowest BCUT2D eigenvalue weighted by atomic mass is 9.71. The number of aliphatic imine (C=N–C) groups is 1. The summed E-state index contributed by atoms with van der Waals surface area (Å²) in [6.07, 6.45) is 4.62. The van der Waals surface area contributed by atoms with Crippen LogP contribution in [-0.4, -0.2) is 177 Å². The van der Waals surface area contributed by atoms with Crippen molar-refractivity contribution in [1.82, 2.24) is 59.7 Å². The fraction of sp³-hybridized carbons (Fsp3) is 0.406. The molecule has 3 aromatic heterocycles. The Balaban J connectivity index is 0.596. The maximum Gasteiger partial charge on any atom is 0.326 e. The number of hydrogen-bond donors (Lipinski definition) is 2. The van der Waals surface area contributed by atoms with Crippen molar-refractivity contribution >= 4 is 63.7 Å².